The van der Waals surface area contributed by atoms with E-state index in [1.165, 1.54) is 7.11 Å². The van der Waals surface area contributed by atoms with Crippen molar-refractivity contribution >= 4 is 33.6 Å². The molecule has 2 rings (SSSR count). The van der Waals surface area contributed by atoms with E-state index in [9.17, 15) is 9.59 Å². The van der Waals surface area contributed by atoms with Crippen molar-refractivity contribution in [1.29, 1.82) is 0 Å². The van der Waals surface area contributed by atoms with E-state index in [-0.39, 0.29) is 12.1 Å². The van der Waals surface area contributed by atoms with Crippen molar-refractivity contribution < 1.29 is 19.1 Å². The van der Waals surface area contributed by atoms with Crippen LogP contribution in [-0.4, -0.2) is 42.8 Å². The van der Waals surface area contributed by atoms with E-state index in [0.29, 0.717) is 25.1 Å². The Kier molecular flexibility index (Phi) is 5.70. The smallest absolute Gasteiger partial charge is 0.410 e. The van der Waals surface area contributed by atoms with Gasteiger partial charge < -0.3 is 14.4 Å². The third kappa shape index (κ3) is 4.60. The number of methoxy groups -OCH3 is 1. The van der Waals surface area contributed by atoms with Crippen LogP contribution >= 0.6 is 15.9 Å². The normalized spacial score (nSPS) is 14.9. The highest BCUT2D eigenvalue weighted by Crippen LogP contribution is 2.28. The molecular weight excluding hydrogens is 374 g/mol. The minimum atomic E-state index is -0.509. The van der Waals surface area contributed by atoms with Crippen molar-refractivity contribution in [1.82, 2.24) is 4.90 Å². The number of benzene rings is 1. The summed E-state index contributed by atoms with van der Waals surface area (Å²) in [5.74, 6) is -0.373. The summed E-state index contributed by atoms with van der Waals surface area (Å²) in [7, 11) is 1.37. The number of amides is 1. The number of hydrogen-bond donors (Lipinski definition) is 0. The lowest BCUT2D eigenvalue weighted by molar-refractivity contribution is 0.0270. The van der Waals surface area contributed by atoms with Gasteiger partial charge in [0, 0.05) is 17.6 Å². The van der Waals surface area contributed by atoms with Crippen LogP contribution in [0.4, 0.5) is 4.79 Å². The first-order valence-electron chi connectivity index (χ1n) is 7.76. The highest BCUT2D eigenvalue weighted by molar-refractivity contribution is 9.10. The second-order valence-corrected chi connectivity index (χ2v) is 7.50. The molecule has 0 bridgehead atoms. The molecule has 0 N–H and O–H groups in total. The first kappa shape index (κ1) is 18.5. The molecule has 1 heterocycles. The predicted octanol–water partition coefficient (Wildman–Crippen LogP) is 4.26. The molecule has 1 aromatic rings. The van der Waals surface area contributed by atoms with Gasteiger partial charge in [-0.3, -0.25) is 0 Å². The third-order valence-corrected chi connectivity index (χ3v) is 4.09. The monoisotopic (exact) mass is 395 g/mol. The molecule has 1 aliphatic heterocycles. The molecule has 0 atom stereocenters. The second kappa shape index (κ2) is 7.38. The largest absolute Gasteiger partial charge is 0.465 e. The van der Waals surface area contributed by atoms with E-state index in [0.717, 1.165) is 15.6 Å². The summed E-state index contributed by atoms with van der Waals surface area (Å²) in [6, 6.07) is 5.54. The molecule has 0 aromatic heterocycles. The maximum atomic E-state index is 12.1. The zero-order valence-electron chi connectivity index (χ0n) is 14.4. The van der Waals surface area contributed by atoms with Crippen LogP contribution in [0.5, 0.6) is 0 Å². The van der Waals surface area contributed by atoms with E-state index < -0.39 is 5.60 Å². The number of nitrogens with zero attached hydrogens (tertiary/aromatic N) is 1. The molecule has 0 unspecified atom stereocenters. The fraction of sp³-hybridized carbons (Fsp3) is 0.444. The lowest BCUT2D eigenvalue weighted by atomic mass is 9.95. The first-order valence-corrected chi connectivity index (χ1v) is 8.56. The predicted molar refractivity (Wildman–Crippen MR) is 95.9 cm³/mol. The van der Waals surface area contributed by atoms with E-state index >= 15 is 0 Å². The van der Waals surface area contributed by atoms with E-state index in [2.05, 4.69) is 15.9 Å². The van der Waals surface area contributed by atoms with Crippen molar-refractivity contribution in [2.75, 3.05) is 20.2 Å². The maximum Gasteiger partial charge on any atom is 0.410 e. The van der Waals surface area contributed by atoms with Gasteiger partial charge in [-0.15, -0.1) is 0 Å². The zero-order chi connectivity index (χ0) is 17.9. The van der Waals surface area contributed by atoms with E-state index in [1.807, 2.05) is 39.0 Å². The Bertz CT molecular complexity index is 676. The second-order valence-electron chi connectivity index (χ2n) is 6.59. The van der Waals surface area contributed by atoms with Crippen LogP contribution < -0.4 is 0 Å². The molecule has 1 aromatic carbocycles. The Morgan fingerprint density at radius 3 is 2.50 bits per heavy atom. The Balaban J connectivity index is 2.19. The number of hydrogen-bond acceptors (Lipinski definition) is 4. The van der Waals surface area contributed by atoms with Crippen LogP contribution in [-0.2, 0) is 9.47 Å². The van der Waals surface area contributed by atoms with Gasteiger partial charge in [0.15, 0.2) is 0 Å². The summed E-state index contributed by atoms with van der Waals surface area (Å²) < 4.78 is 11.1. The van der Waals surface area contributed by atoms with Crippen LogP contribution in [0.15, 0.2) is 28.7 Å². The minimum absolute atomic E-state index is 0.318. The molecule has 24 heavy (non-hydrogen) atoms. The fourth-order valence-corrected chi connectivity index (χ4v) is 2.84. The van der Waals surface area contributed by atoms with Crippen LogP contribution in [0.3, 0.4) is 0 Å². The first-order chi connectivity index (χ1) is 11.2. The van der Waals surface area contributed by atoms with Crippen LogP contribution in [0.1, 0.15) is 43.1 Å². The van der Waals surface area contributed by atoms with Crippen LogP contribution in [0, 0.1) is 0 Å². The SMILES string of the molecule is COC(=O)c1cc(Br)ccc1C1=CCN(C(=O)OC(C)(C)C)CC1. The lowest BCUT2D eigenvalue weighted by Crippen LogP contribution is -2.39. The number of carbonyl (C=O) groups excluding carboxylic acids is 2. The summed E-state index contributed by atoms with van der Waals surface area (Å²) in [4.78, 5) is 25.8. The molecular formula is C18H22BrNO4. The number of ether oxygens (including phenoxy) is 2. The average molecular weight is 396 g/mol. The summed E-state index contributed by atoms with van der Waals surface area (Å²) in [6.07, 6.45) is 2.30. The van der Waals surface area contributed by atoms with Crippen molar-refractivity contribution in [3.05, 3.63) is 39.9 Å². The van der Waals surface area contributed by atoms with Crippen molar-refractivity contribution in [2.24, 2.45) is 0 Å². The standard InChI is InChI=1S/C18H22BrNO4/c1-18(2,3)24-17(22)20-9-7-12(8-10-20)14-6-5-13(19)11-15(14)16(21)23-4/h5-7,11H,8-10H2,1-4H3. The molecule has 6 heteroatoms. The summed E-state index contributed by atoms with van der Waals surface area (Å²) in [5, 5.41) is 0. The number of rotatable bonds is 2. The van der Waals surface area contributed by atoms with Gasteiger partial charge in [0.25, 0.3) is 0 Å². The Labute approximate surface area is 150 Å². The van der Waals surface area contributed by atoms with Gasteiger partial charge in [0.05, 0.1) is 12.7 Å². The quantitative estimate of drug-likeness (QED) is 0.701. The van der Waals surface area contributed by atoms with E-state index in [4.69, 9.17) is 9.47 Å². The number of halogens is 1. The number of carbonyl (C=O) groups is 2. The Morgan fingerprint density at radius 2 is 1.96 bits per heavy atom. The summed E-state index contributed by atoms with van der Waals surface area (Å²) in [6.45, 7) is 6.56. The molecule has 5 nitrogen and oxygen atoms in total. The molecule has 0 radical (unpaired) electrons. The van der Waals surface area contributed by atoms with Crippen LogP contribution in [0.25, 0.3) is 5.57 Å². The van der Waals surface area contributed by atoms with Crippen molar-refractivity contribution in [2.45, 2.75) is 32.8 Å². The molecule has 0 saturated heterocycles. The molecule has 0 saturated carbocycles. The van der Waals surface area contributed by atoms with Crippen molar-refractivity contribution in [3.8, 4) is 0 Å². The van der Waals surface area contributed by atoms with Gasteiger partial charge >= 0.3 is 12.1 Å². The highest BCUT2D eigenvalue weighted by atomic mass is 79.9. The van der Waals surface area contributed by atoms with Gasteiger partial charge in [0.1, 0.15) is 5.60 Å². The fourth-order valence-electron chi connectivity index (χ4n) is 2.48. The molecule has 0 fully saturated rings. The van der Waals surface area contributed by atoms with Crippen LogP contribution in [0.2, 0.25) is 0 Å². The molecule has 0 aliphatic carbocycles. The Morgan fingerprint density at radius 1 is 1.25 bits per heavy atom. The maximum absolute atomic E-state index is 12.1. The molecule has 0 spiro atoms. The zero-order valence-corrected chi connectivity index (χ0v) is 16.0. The summed E-state index contributed by atoms with van der Waals surface area (Å²) in [5.41, 5.74) is 1.88. The van der Waals surface area contributed by atoms with Gasteiger partial charge in [-0.05, 0) is 50.5 Å². The van der Waals surface area contributed by atoms with Gasteiger partial charge in [-0.25, -0.2) is 9.59 Å². The minimum Gasteiger partial charge on any atom is -0.465 e. The Hall–Kier alpha value is -1.82. The summed E-state index contributed by atoms with van der Waals surface area (Å²) >= 11 is 3.38. The third-order valence-electron chi connectivity index (χ3n) is 3.59. The van der Waals surface area contributed by atoms with Gasteiger partial charge in [-0.2, -0.15) is 0 Å². The molecule has 1 amide bonds. The highest BCUT2D eigenvalue weighted by Gasteiger charge is 2.25. The molecule has 1 aliphatic rings. The van der Waals surface area contributed by atoms with Crippen molar-refractivity contribution in [3.63, 3.8) is 0 Å². The topological polar surface area (TPSA) is 55.8 Å². The molecule has 130 valence electrons. The lowest BCUT2D eigenvalue weighted by Gasteiger charge is -2.30. The average Bonchev–Trinajstić information content (AvgIpc) is 2.52. The number of esters is 1. The van der Waals surface area contributed by atoms with E-state index in [1.54, 1.807) is 11.0 Å². The van der Waals surface area contributed by atoms with Gasteiger partial charge in [-0.1, -0.05) is 28.1 Å². The van der Waals surface area contributed by atoms with Gasteiger partial charge in [0.2, 0.25) is 0 Å².